The van der Waals surface area contributed by atoms with E-state index in [2.05, 4.69) is 33.2 Å². The minimum atomic E-state index is -0.196. The Hall–Kier alpha value is -0.610. The molecular weight excluding hydrogens is 283 g/mol. The largest absolute Gasteiger partial charge is 0.380 e. The van der Waals surface area contributed by atoms with Gasteiger partial charge in [0.25, 0.3) is 0 Å². The molecule has 1 aromatic rings. The number of likely N-dealkylation sites (N-methyl/N-ethyl adjacent to an activating group) is 1. The van der Waals surface area contributed by atoms with Crippen LogP contribution < -0.4 is 5.32 Å². The van der Waals surface area contributed by atoms with Crippen LogP contribution in [-0.2, 0) is 0 Å². The first-order valence-corrected chi connectivity index (χ1v) is 6.86. The molecule has 1 unspecified atom stereocenters. The molecule has 1 heterocycles. The number of benzene rings is 1. The van der Waals surface area contributed by atoms with Gasteiger partial charge in [-0.15, -0.1) is 0 Å². The SMILES string of the molecule is CN1CCCCC1CNc1c(F)cccc1Br. The van der Waals surface area contributed by atoms with Crippen molar-refractivity contribution in [3.63, 3.8) is 0 Å². The highest BCUT2D eigenvalue weighted by atomic mass is 79.9. The second-order valence-corrected chi connectivity index (χ2v) is 5.46. The van der Waals surface area contributed by atoms with Gasteiger partial charge >= 0.3 is 0 Å². The molecule has 0 aliphatic carbocycles. The molecule has 1 fully saturated rings. The highest BCUT2D eigenvalue weighted by Gasteiger charge is 2.19. The van der Waals surface area contributed by atoms with Gasteiger partial charge in [0.2, 0.25) is 0 Å². The van der Waals surface area contributed by atoms with E-state index < -0.39 is 0 Å². The molecule has 1 saturated heterocycles. The third kappa shape index (κ3) is 3.19. The van der Waals surface area contributed by atoms with Crippen molar-refractivity contribution in [1.29, 1.82) is 0 Å². The van der Waals surface area contributed by atoms with Gasteiger partial charge in [0.15, 0.2) is 0 Å². The van der Waals surface area contributed by atoms with Crippen LogP contribution in [0.15, 0.2) is 22.7 Å². The first-order chi connectivity index (χ1) is 8.18. The average molecular weight is 301 g/mol. The molecule has 2 rings (SSSR count). The molecule has 1 aliphatic rings. The normalized spacial score (nSPS) is 21.5. The maximum absolute atomic E-state index is 13.6. The van der Waals surface area contributed by atoms with Gasteiger partial charge in [0, 0.05) is 17.1 Å². The van der Waals surface area contributed by atoms with E-state index in [9.17, 15) is 4.39 Å². The zero-order chi connectivity index (χ0) is 12.3. The molecule has 94 valence electrons. The third-order valence-corrected chi connectivity index (χ3v) is 4.06. The fourth-order valence-electron chi connectivity index (χ4n) is 2.29. The van der Waals surface area contributed by atoms with E-state index in [1.807, 2.05) is 6.07 Å². The molecular formula is C13H18BrFN2. The topological polar surface area (TPSA) is 15.3 Å². The number of para-hydroxylation sites is 1. The zero-order valence-electron chi connectivity index (χ0n) is 10.0. The summed E-state index contributed by atoms with van der Waals surface area (Å²) in [6.45, 7) is 1.95. The van der Waals surface area contributed by atoms with Crippen molar-refractivity contribution in [2.24, 2.45) is 0 Å². The number of hydrogen-bond acceptors (Lipinski definition) is 2. The minimum Gasteiger partial charge on any atom is -0.380 e. The summed E-state index contributed by atoms with van der Waals surface area (Å²) in [4.78, 5) is 2.35. The summed E-state index contributed by atoms with van der Waals surface area (Å²) in [7, 11) is 2.14. The van der Waals surface area contributed by atoms with Crippen molar-refractivity contribution in [3.8, 4) is 0 Å². The van der Waals surface area contributed by atoms with E-state index in [4.69, 9.17) is 0 Å². The summed E-state index contributed by atoms with van der Waals surface area (Å²) in [5.41, 5.74) is 0.575. The van der Waals surface area contributed by atoms with E-state index >= 15 is 0 Å². The zero-order valence-corrected chi connectivity index (χ0v) is 11.6. The maximum Gasteiger partial charge on any atom is 0.147 e. The number of nitrogens with one attached hydrogen (secondary N) is 1. The Kier molecular flexibility index (Phi) is 4.40. The number of anilines is 1. The van der Waals surface area contributed by atoms with Gasteiger partial charge in [-0.25, -0.2) is 4.39 Å². The van der Waals surface area contributed by atoms with Crippen molar-refractivity contribution in [1.82, 2.24) is 4.90 Å². The molecule has 0 saturated carbocycles. The lowest BCUT2D eigenvalue weighted by Gasteiger charge is -2.32. The summed E-state index contributed by atoms with van der Waals surface area (Å²) in [6.07, 6.45) is 3.74. The summed E-state index contributed by atoms with van der Waals surface area (Å²) in [6, 6.07) is 5.56. The molecule has 1 aliphatic heterocycles. The number of hydrogen-bond donors (Lipinski definition) is 1. The predicted molar refractivity (Wildman–Crippen MR) is 72.9 cm³/mol. The van der Waals surface area contributed by atoms with Crippen molar-refractivity contribution in [2.75, 3.05) is 25.5 Å². The predicted octanol–water partition coefficient (Wildman–Crippen LogP) is 3.48. The van der Waals surface area contributed by atoms with Crippen LogP contribution in [0, 0.1) is 5.82 Å². The summed E-state index contributed by atoms with van der Waals surface area (Å²) < 4.78 is 14.4. The van der Waals surface area contributed by atoms with Gasteiger partial charge < -0.3 is 10.2 Å². The van der Waals surface area contributed by atoms with Crippen molar-refractivity contribution < 1.29 is 4.39 Å². The van der Waals surface area contributed by atoms with E-state index in [0.29, 0.717) is 11.7 Å². The van der Waals surface area contributed by atoms with Crippen molar-refractivity contribution >= 4 is 21.6 Å². The van der Waals surface area contributed by atoms with Gasteiger partial charge in [-0.1, -0.05) is 12.5 Å². The smallest absolute Gasteiger partial charge is 0.147 e. The van der Waals surface area contributed by atoms with Gasteiger partial charge in [-0.2, -0.15) is 0 Å². The number of nitrogens with zero attached hydrogens (tertiary/aromatic N) is 1. The van der Waals surface area contributed by atoms with Crippen LogP contribution in [0.4, 0.5) is 10.1 Å². The van der Waals surface area contributed by atoms with Gasteiger partial charge in [-0.05, 0) is 54.5 Å². The first-order valence-electron chi connectivity index (χ1n) is 6.06. The van der Waals surface area contributed by atoms with Crippen LogP contribution >= 0.6 is 15.9 Å². The Morgan fingerprint density at radius 2 is 2.29 bits per heavy atom. The van der Waals surface area contributed by atoms with Crippen molar-refractivity contribution in [3.05, 3.63) is 28.5 Å². The van der Waals surface area contributed by atoms with Gasteiger partial charge in [-0.3, -0.25) is 0 Å². The van der Waals surface area contributed by atoms with Gasteiger partial charge in [0.1, 0.15) is 5.82 Å². The Bertz CT molecular complexity index is 363. The Morgan fingerprint density at radius 1 is 1.47 bits per heavy atom. The highest BCUT2D eigenvalue weighted by Crippen LogP contribution is 2.25. The number of likely N-dealkylation sites (tertiary alicyclic amines) is 1. The van der Waals surface area contributed by atoms with Gasteiger partial charge in [0.05, 0.1) is 5.69 Å². The summed E-state index contributed by atoms with van der Waals surface area (Å²) in [5.74, 6) is -0.196. The molecule has 0 bridgehead atoms. The quantitative estimate of drug-likeness (QED) is 0.919. The fourth-order valence-corrected chi connectivity index (χ4v) is 2.77. The van der Waals surface area contributed by atoms with Crippen LogP contribution in [0.2, 0.25) is 0 Å². The standard InChI is InChI=1S/C13H18BrFN2/c1-17-8-3-2-5-10(17)9-16-13-11(14)6-4-7-12(13)15/h4,6-7,10,16H,2-3,5,8-9H2,1H3. The Morgan fingerprint density at radius 3 is 3.00 bits per heavy atom. The minimum absolute atomic E-state index is 0.196. The fraction of sp³-hybridized carbons (Fsp3) is 0.538. The van der Waals surface area contributed by atoms with E-state index in [1.54, 1.807) is 6.07 Å². The summed E-state index contributed by atoms with van der Waals surface area (Å²) in [5, 5.41) is 3.22. The lowest BCUT2D eigenvalue weighted by atomic mass is 10.0. The van der Waals surface area contributed by atoms with E-state index in [0.717, 1.165) is 17.6 Å². The maximum atomic E-state index is 13.6. The van der Waals surface area contributed by atoms with Crippen LogP contribution in [0.1, 0.15) is 19.3 Å². The van der Waals surface area contributed by atoms with E-state index in [1.165, 1.54) is 25.3 Å². The highest BCUT2D eigenvalue weighted by molar-refractivity contribution is 9.10. The molecule has 0 aromatic heterocycles. The van der Waals surface area contributed by atoms with Crippen LogP contribution in [-0.4, -0.2) is 31.1 Å². The Balaban J connectivity index is 1.97. The number of piperidine rings is 1. The molecule has 17 heavy (non-hydrogen) atoms. The van der Waals surface area contributed by atoms with E-state index in [-0.39, 0.29) is 5.82 Å². The van der Waals surface area contributed by atoms with Crippen LogP contribution in [0.3, 0.4) is 0 Å². The van der Waals surface area contributed by atoms with Crippen LogP contribution in [0.25, 0.3) is 0 Å². The lowest BCUT2D eigenvalue weighted by Crippen LogP contribution is -2.40. The second-order valence-electron chi connectivity index (χ2n) is 4.61. The molecule has 0 amide bonds. The lowest BCUT2D eigenvalue weighted by molar-refractivity contribution is 0.194. The molecule has 1 N–H and O–H groups in total. The summed E-state index contributed by atoms with van der Waals surface area (Å²) >= 11 is 3.37. The van der Waals surface area contributed by atoms with Crippen molar-refractivity contribution in [2.45, 2.75) is 25.3 Å². The average Bonchev–Trinajstić information content (AvgIpc) is 2.30. The monoisotopic (exact) mass is 300 g/mol. The molecule has 0 radical (unpaired) electrons. The molecule has 1 aromatic carbocycles. The first kappa shape index (κ1) is 12.8. The van der Waals surface area contributed by atoms with Crippen LogP contribution in [0.5, 0.6) is 0 Å². The number of halogens is 2. The third-order valence-electron chi connectivity index (χ3n) is 3.40. The Labute approximate surface area is 110 Å². The molecule has 2 nitrogen and oxygen atoms in total. The number of rotatable bonds is 3. The molecule has 1 atom stereocenters. The molecule has 0 spiro atoms. The second kappa shape index (κ2) is 5.83. The molecule has 4 heteroatoms.